The number of hydrogen-bond acceptors (Lipinski definition) is 3. The van der Waals surface area contributed by atoms with Gasteiger partial charge < -0.3 is 4.79 Å². The molecule has 4 aliphatic carbocycles. The van der Waals surface area contributed by atoms with Crippen molar-refractivity contribution in [2.45, 2.75) is 51.9 Å². The smallest absolute Gasteiger partial charge is 0.195 e. The number of halogens is 1. The summed E-state index contributed by atoms with van der Waals surface area (Å²) in [6.45, 7) is 2.37. The second-order valence-electron chi connectivity index (χ2n) is 8.54. The van der Waals surface area contributed by atoms with E-state index in [1.54, 1.807) is 5.57 Å². The molecule has 136 valence electrons. The second kappa shape index (κ2) is 6.37. The van der Waals surface area contributed by atoms with E-state index in [0.29, 0.717) is 17.8 Å². The highest BCUT2D eigenvalue weighted by Crippen LogP contribution is 2.65. The van der Waals surface area contributed by atoms with Crippen LogP contribution in [0.3, 0.4) is 0 Å². The monoisotopic (exact) mass is 362 g/mol. The molecule has 0 radical (unpaired) electrons. The standard InChI is InChI=1S/C21H27FO2S/c1-20-10-3-2-4-14(20)5-6-15-16(20)9-11-21(12-23)17(15)7-8-18(21)19(24)25-13-22/h3-4,10,12,15-18H,2,5-9,11,13H2,1H3/t15-,16+,17+,18?,20+,21-/m1/s1. The van der Waals surface area contributed by atoms with Gasteiger partial charge in [-0.1, -0.05) is 42.5 Å². The molecule has 2 nitrogen and oxygen atoms in total. The van der Waals surface area contributed by atoms with Crippen molar-refractivity contribution in [2.75, 3.05) is 6.01 Å². The molecule has 25 heavy (non-hydrogen) atoms. The number of rotatable bonds is 3. The van der Waals surface area contributed by atoms with Crippen molar-refractivity contribution in [3.8, 4) is 0 Å². The highest BCUT2D eigenvalue weighted by Gasteiger charge is 2.61. The summed E-state index contributed by atoms with van der Waals surface area (Å²) in [5.41, 5.74) is 1.18. The molecule has 1 unspecified atom stereocenters. The maximum absolute atomic E-state index is 12.7. The van der Waals surface area contributed by atoms with Gasteiger partial charge >= 0.3 is 0 Å². The largest absolute Gasteiger partial charge is 0.303 e. The Morgan fingerprint density at radius 1 is 1.32 bits per heavy atom. The van der Waals surface area contributed by atoms with Gasteiger partial charge in [0.25, 0.3) is 0 Å². The highest BCUT2D eigenvalue weighted by molar-refractivity contribution is 8.13. The molecule has 0 aromatic carbocycles. The van der Waals surface area contributed by atoms with Gasteiger partial charge in [0.05, 0.1) is 0 Å². The Kier molecular flexibility index (Phi) is 4.46. The summed E-state index contributed by atoms with van der Waals surface area (Å²) in [6.07, 6.45) is 15.0. The van der Waals surface area contributed by atoms with Crippen LogP contribution in [0.1, 0.15) is 51.9 Å². The van der Waals surface area contributed by atoms with Gasteiger partial charge in [-0.2, -0.15) is 0 Å². The molecule has 0 N–H and O–H groups in total. The van der Waals surface area contributed by atoms with Crippen molar-refractivity contribution in [1.29, 1.82) is 0 Å². The van der Waals surface area contributed by atoms with Crippen molar-refractivity contribution in [3.05, 3.63) is 23.8 Å². The average molecular weight is 363 g/mol. The Morgan fingerprint density at radius 2 is 2.16 bits per heavy atom. The normalized spacial score (nSPS) is 45.1. The minimum Gasteiger partial charge on any atom is -0.303 e. The zero-order valence-corrected chi connectivity index (χ0v) is 15.7. The van der Waals surface area contributed by atoms with E-state index in [0.717, 1.165) is 63.0 Å². The molecule has 0 aliphatic heterocycles. The summed E-state index contributed by atoms with van der Waals surface area (Å²) in [6, 6.07) is -0.683. The van der Waals surface area contributed by atoms with E-state index in [4.69, 9.17) is 0 Å². The summed E-state index contributed by atoms with van der Waals surface area (Å²) in [4.78, 5) is 24.7. The fourth-order valence-electron chi connectivity index (χ4n) is 6.79. The maximum Gasteiger partial charge on any atom is 0.195 e. The lowest BCUT2D eigenvalue weighted by molar-refractivity contribution is -0.135. The van der Waals surface area contributed by atoms with E-state index >= 15 is 0 Å². The van der Waals surface area contributed by atoms with E-state index in [-0.39, 0.29) is 16.4 Å². The first kappa shape index (κ1) is 17.5. The first-order chi connectivity index (χ1) is 12.1. The van der Waals surface area contributed by atoms with Crippen molar-refractivity contribution < 1.29 is 14.0 Å². The molecule has 6 atom stereocenters. The van der Waals surface area contributed by atoms with Crippen LogP contribution in [0.5, 0.6) is 0 Å². The number of carbonyl (C=O) groups excluding carboxylic acids is 2. The zero-order valence-electron chi connectivity index (χ0n) is 14.9. The summed E-state index contributed by atoms with van der Waals surface area (Å²) in [5.74, 6) is 1.11. The van der Waals surface area contributed by atoms with Gasteiger partial charge in [0.15, 0.2) is 5.12 Å². The molecule has 4 aliphatic rings. The number of carbonyl (C=O) groups is 2. The Morgan fingerprint density at radius 3 is 2.92 bits per heavy atom. The van der Waals surface area contributed by atoms with Crippen LogP contribution in [0.15, 0.2) is 23.8 Å². The zero-order chi connectivity index (χ0) is 17.7. The van der Waals surface area contributed by atoms with Crippen LogP contribution in [-0.4, -0.2) is 17.4 Å². The SMILES string of the molecule is C[C@]12C=CCC=C1CC[C@@H]1[C@@H]2CC[C@]2(C=O)C(C(=O)SCF)CC[C@@H]12. The number of fused-ring (bicyclic) bond motifs is 5. The summed E-state index contributed by atoms with van der Waals surface area (Å²) >= 11 is 0.760. The topological polar surface area (TPSA) is 34.1 Å². The summed E-state index contributed by atoms with van der Waals surface area (Å²) in [5, 5.41) is -0.101. The van der Waals surface area contributed by atoms with E-state index in [2.05, 4.69) is 25.2 Å². The molecule has 4 heteroatoms. The van der Waals surface area contributed by atoms with Crippen molar-refractivity contribution in [3.63, 3.8) is 0 Å². The van der Waals surface area contributed by atoms with Crippen LogP contribution in [0, 0.1) is 34.5 Å². The molecule has 0 aromatic rings. The Hall–Kier alpha value is -0.900. The molecule has 0 saturated heterocycles. The lowest BCUT2D eigenvalue weighted by Gasteiger charge is -2.56. The minimum atomic E-state index is -0.683. The van der Waals surface area contributed by atoms with E-state index in [1.807, 2.05) is 0 Å². The predicted molar refractivity (Wildman–Crippen MR) is 98.7 cm³/mol. The van der Waals surface area contributed by atoms with Gasteiger partial charge in [0, 0.05) is 16.7 Å². The number of thioether (sulfide) groups is 1. The van der Waals surface area contributed by atoms with Crippen LogP contribution in [0.25, 0.3) is 0 Å². The quantitative estimate of drug-likeness (QED) is 0.517. The number of aldehydes is 1. The first-order valence-corrected chi connectivity index (χ1v) is 10.6. The average Bonchev–Trinajstić information content (AvgIpc) is 3.01. The molecule has 3 fully saturated rings. The van der Waals surface area contributed by atoms with E-state index < -0.39 is 11.4 Å². The molecule has 0 aromatic heterocycles. The Balaban J connectivity index is 1.66. The van der Waals surface area contributed by atoms with Crippen molar-refractivity contribution >= 4 is 23.2 Å². The van der Waals surface area contributed by atoms with Crippen LogP contribution >= 0.6 is 11.8 Å². The molecular weight excluding hydrogens is 335 g/mol. The van der Waals surface area contributed by atoms with Gasteiger partial charge in [0.2, 0.25) is 0 Å². The first-order valence-electron chi connectivity index (χ1n) is 9.63. The fraction of sp³-hybridized carbons (Fsp3) is 0.714. The van der Waals surface area contributed by atoms with Crippen molar-refractivity contribution in [2.24, 2.45) is 34.5 Å². The minimum absolute atomic E-state index is 0.101. The second-order valence-corrected chi connectivity index (χ2v) is 9.45. The summed E-state index contributed by atoms with van der Waals surface area (Å²) < 4.78 is 12.7. The van der Waals surface area contributed by atoms with E-state index in [1.165, 1.54) is 0 Å². The van der Waals surface area contributed by atoms with Crippen LogP contribution in [0.2, 0.25) is 0 Å². The number of alkyl halides is 1. The third kappa shape index (κ3) is 2.43. The third-order valence-electron chi connectivity index (χ3n) is 7.90. The number of hydrogen-bond donors (Lipinski definition) is 0. The Bertz CT molecular complexity index is 642. The van der Waals surface area contributed by atoms with Gasteiger partial charge in [-0.3, -0.25) is 4.79 Å². The van der Waals surface area contributed by atoms with Crippen LogP contribution < -0.4 is 0 Å². The van der Waals surface area contributed by atoms with Gasteiger partial charge in [0.1, 0.15) is 12.3 Å². The van der Waals surface area contributed by atoms with Crippen molar-refractivity contribution in [1.82, 2.24) is 0 Å². The van der Waals surface area contributed by atoms with E-state index in [9.17, 15) is 14.0 Å². The lowest BCUT2D eigenvalue weighted by atomic mass is 9.48. The summed E-state index contributed by atoms with van der Waals surface area (Å²) in [7, 11) is 0. The van der Waals surface area contributed by atoms with Crippen LogP contribution in [-0.2, 0) is 9.59 Å². The molecule has 4 rings (SSSR count). The molecule has 0 heterocycles. The fourth-order valence-corrected chi connectivity index (χ4v) is 7.43. The predicted octanol–water partition coefficient (Wildman–Crippen LogP) is 5.10. The van der Waals surface area contributed by atoms with Gasteiger partial charge in [-0.15, -0.1) is 0 Å². The van der Waals surface area contributed by atoms with Crippen LogP contribution in [0.4, 0.5) is 4.39 Å². The maximum atomic E-state index is 12.7. The van der Waals surface area contributed by atoms with Gasteiger partial charge in [-0.25, -0.2) is 4.39 Å². The lowest BCUT2D eigenvalue weighted by Crippen LogP contribution is -2.51. The molecule has 0 spiro atoms. The molecule has 0 amide bonds. The highest BCUT2D eigenvalue weighted by atomic mass is 32.2. The molecule has 0 bridgehead atoms. The Labute approximate surface area is 153 Å². The number of allylic oxidation sites excluding steroid dienone is 4. The van der Waals surface area contributed by atoms with Gasteiger partial charge in [-0.05, 0) is 62.7 Å². The molecular formula is C21H27FO2S. The third-order valence-corrected chi connectivity index (χ3v) is 8.58. The molecule has 3 saturated carbocycles.